The van der Waals surface area contributed by atoms with Gasteiger partial charge in [-0.05, 0) is 54.5 Å². The van der Waals surface area contributed by atoms with Gasteiger partial charge in [0.2, 0.25) is 5.91 Å². The van der Waals surface area contributed by atoms with E-state index in [4.69, 9.17) is 4.74 Å². The van der Waals surface area contributed by atoms with E-state index in [0.717, 1.165) is 18.6 Å². The van der Waals surface area contributed by atoms with E-state index in [2.05, 4.69) is 43.2 Å². The summed E-state index contributed by atoms with van der Waals surface area (Å²) in [5.41, 5.74) is 1.96. The van der Waals surface area contributed by atoms with Gasteiger partial charge in [0.05, 0.1) is 12.2 Å². The van der Waals surface area contributed by atoms with Gasteiger partial charge in [-0.25, -0.2) is 0 Å². The lowest BCUT2D eigenvalue weighted by atomic mass is 9.87. The Morgan fingerprint density at radius 2 is 1.84 bits per heavy atom. The van der Waals surface area contributed by atoms with Crippen LogP contribution in [0.1, 0.15) is 62.4 Å². The summed E-state index contributed by atoms with van der Waals surface area (Å²) >= 11 is 0. The number of benzene rings is 1. The van der Waals surface area contributed by atoms with Crippen LogP contribution in [-0.4, -0.2) is 47.4 Å². The van der Waals surface area contributed by atoms with Gasteiger partial charge in [0.25, 0.3) is 5.91 Å². The number of piperidine rings is 1. The van der Waals surface area contributed by atoms with E-state index < -0.39 is 0 Å². The molecule has 0 radical (unpaired) electrons. The van der Waals surface area contributed by atoms with Crippen LogP contribution in [0.5, 0.6) is 5.75 Å². The highest BCUT2D eigenvalue weighted by molar-refractivity contribution is 5.94. The summed E-state index contributed by atoms with van der Waals surface area (Å²) in [6, 6.07) is 11.8. The van der Waals surface area contributed by atoms with Crippen molar-refractivity contribution in [3.05, 3.63) is 59.9 Å². The SMILES string of the molecule is CC(C)(C)c1ccc(OCCCC(=O)N2CCC(NC(=O)c3cccnc3)CC2)cc1. The monoisotopic (exact) mass is 423 g/mol. The average Bonchev–Trinajstić information content (AvgIpc) is 2.77. The summed E-state index contributed by atoms with van der Waals surface area (Å²) in [6.07, 6.45) is 5.93. The zero-order valence-corrected chi connectivity index (χ0v) is 18.8. The van der Waals surface area contributed by atoms with Crippen LogP contribution in [-0.2, 0) is 10.2 Å². The minimum Gasteiger partial charge on any atom is -0.494 e. The molecule has 1 saturated heterocycles. The highest BCUT2D eigenvalue weighted by Crippen LogP contribution is 2.24. The summed E-state index contributed by atoms with van der Waals surface area (Å²) in [7, 11) is 0. The van der Waals surface area contributed by atoms with Crippen molar-refractivity contribution in [3.8, 4) is 5.75 Å². The van der Waals surface area contributed by atoms with Crippen molar-refractivity contribution in [1.82, 2.24) is 15.2 Å². The minimum atomic E-state index is -0.106. The van der Waals surface area contributed by atoms with Crippen molar-refractivity contribution >= 4 is 11.8 Å². The maximum Gasteiger partial charge on any atom is 0.253 e. The first-order valence-electron chi connectivity index (χ1n) is 11.0. The Labute approximate surface area is 185 Å². The molecule has 6 heteroatoms. The molecular formula is C25H33N3O3. The fourth-order valence-electron chi connectivity index (χ4n) is 3.66. The van der Waals surface area contributed by atoms with E-state index in [1.165, 1.54) is 5.56 Å². The van der Waals surface area contributed by atoms with Crippen LogP contribution in [0.15, 0.2) is 48.8 Å². The van der Waals surface area contributed by atoms with Gasteiger partial charge in [0, 0.05) is 37.9 Å². The number of aromatic nitrogens is 1. The summed E-state index contributed by atoms with van der Waals surface area (Å²) in [4.78, 5) is 30.6. The topological polar surface area (TPSA) is 71.5 Å². The van der Waals surface area contributed by atoms with Crippen molar-refractivity contribution in [2.75, 3.05) is 19.7 Å². The number of carbonyl (C=O) groups is 2. The Morgan fingerprint density at radius 3 is 2.45 bits per heavy atom. The fraction of sp³-hybridized carbons (Fsp3) is 0.480. The molecule has 0 bridgehead atoms. The van der Waals surface area contributed by atoms with E-state index in [-0.39, 0.29) is 23.3 Å². The van der Waals surface area contributed by atoms with E-state index in [0.29, 0.717) is 38.1 Å². The molecule has 0 aliphatic carbocycles. The maximum atomic E-state index is 12.5. The Bertz CT molecular complexity index is 852. The predicted molar refractivity (Wildman–Crippen MR) is 121 cm³/mol. The molecule has 2 amide bonds. The standard InChI is InChI=1S/C25H33N3O3/c1-25(2,3)20-8-10-22(11-9-20)31-17-5-7-23(29)28-15-12-21(13-16-28)27-24(30)19-6-4-14-26-18-19/h4,6,8-11,14,18,21H,5,7,12-13,15-17H2,1-3H3,(H,27,30). The molecule has 1 aliphatic heterocycles. The van der Waals surface area contributed by atoms with Crippen LogP contribution < -0.4 is 10.1 Å². The molecule has 0 unspecified atom stereocenters. The van der Waals surface area contributed by atoms with Gasteiger partial charge in [-0.1, -0.05) is 32.9 Å². The number of nitrogens with one attached hydrogen (secondary N) is 1. The van der Waals surface area contributed by atoms with Gasteiger partial charge in [-0.15, -0.1) is 0 Å². The fourth-order valence-corrected chi connectivity index (χ4v) is 3.66. The van der Waals surface area contributed by atoms with E-state index in [9.17, 15) is 9.59 Å². The molecule has 1 aliphatic rings. The van der Waals surface area contributed by atoms with Gasteiger partial charge < -0.3 is 15.0 Å². The largest absolute Gasteiger partial charge is 0.494 e. The van der Waals surface area contributed by atoms with E-state index in [1.807, 2.05) is 17.0 Å². The maximum absolute atomic E-state index is 12.5. The molecule has 31 heavy (non-hydrogen) atoms. The molecular weight excluding hydrogens is 390 g/mol. The number of carbonyl (C=O) groups excluding carboxylic acids is 2. The van der Waals surface area contributed by atoms with Crippen LogP contribution in [0.4, 0.5) is 0 Å². The molecule has 6 nitrogen and oxygen atoms in total. The lowest BCUT2D eigenvalue weighted by Gasteiger charge is -2.32. The van der Waals surface area contributed by atoms with Crippen LogP contribution >= 0.6 is 0 Å². The third-order valence-electron chi connectivity index (χ3n) is 5.63. The molecule has 1 N–H and O–H groups in total. The number of rotatable bonds is 7. The van der Waals surface area contributed by atoms with Gasteiger partial charge in [0.1, 0.15) is 5.75 Å². The predicted octanol–water partition coefficient (Wildman–Crippen LogP) is 3.96. The Morgan fingerprint density at radius 1 is 1.13 bits per heavy atom. The lowest BCUT2D eigenvalue weighted by Crippen LogP contribution is -2.46. The number of hydrogen-bond acceptors (Lipinski definition) is 4. The highest BCUT2D eigenvalue weighted by Gasteiger charge is 2.24. The first-order valence-corrected chi connectivity index (χ1v) is 11.0. The van der Waals surface area contributed by atoms with Gasteiger partial charge >= 0.3 is 0 Å². The molecule has 2 heterocycles. The van der Waals surface area contributed by atoms with Crippen LogP contribution in [0.3, 0.4) is 0 Å². The average molecular weight is 424 g/mol. The minimum absolute atomic E-state index is 0.0937. The number of nitrogens with zero attached hydrogens (tertiary/aromatic N) is 2. The Hall–Kier alpha value is -2.89. The highest BCUT2D eigenvalue weighted by atomic mass is 16.5. The number of pyridine rings is 1. The number of likely N-dealkylation sites (tertiary alicyclic amines) is 1. The van der Waals surface area contributed by atoms with Crippen molar-refractivity contribution in [3.63, 3.8) is 0 Å². The van der Waals surface area contributed by atoms with Crippen molar-refractivity contribution in [2.45, 2.75) is 57.9 Å². The summed E-state index contributed by atoms with van der Waals surface area (Å²) in [5.74, 6) is 0.889. The molecule has 2 aromatic rings. The van der Waals surface area contributed by atoms with Gasteiger partial charge in [0.15, 0.2) is 0 Å². The summed E-state index contributed by atoms with van der Waals surface area (Å²) < 4.78 is 5.79. The number of amides is 2. The first kappa shape index (κ1) is 22.8. The number of ether oxygens (including phenoxy) is 1. The third kappa shape index (κ3) is 6.81. The second kappa shape index (κ2) is 10.4. The molecule has 166 valence electrons. The van der Waals surface area contributed by atoms with Crippen molar-refractivity contribution in [2.24, 2.45) is 0 Å². The number of hydrogen-bond donors (Lipinski definition) is 1. The second-order valence-corrected chi connectivity index (χ2v) is 9.10. The molecule has 3 rings (SSSR count). The Kier molecular flexibility index (Phi) is 7.66. The molecule has 1 aromatic carbocycles. The molecule has 1 fully saturated rings. The van der Waals surface area contributed by atoms with Crippen LogP contribution in [0.2, 0.25) is 0 Å². The zero-order valence-electron chi connectivity index (χ0n) is 18.8. The van der Waals surface area contributed by atoms with E-state index >= 15 is 0 Å². The van der Waals surface area contributed by atoms with Crippen LogP contribution in [0, 0.1) is 0 Å². The molecule has 0 saturated carbocycles. The summed E-state index contributed by atoms with van der Waals surface area (Å²) in [6.45, 7) is 8.43. The Balaban J connectivity index is 1.33. The third-order valence-corrected chi connectivity index (χ3v) is 5.63. The normalized spacial score (nSPS) is 14.9. The quantitative estimate of drug-likeness (QED) is 0.685. The molecule has 0 atom stereocenters. The second-order valence-electron chi connectivity index (χ2n) is 9.10. The van der Waals surface area contributed by atoms with Crippen molar-refractivity contribution < 1.29 is 14.3 Å². The first-order chi connectivity index (χ1) is 14.8. The van der Waals surface area contributed by atoms with Gasteiger partial charge in [-0.3, -0.25) is 14.6 Å². The van der Waals surface area contributed by atoms with E-state index in [1.54, 1.807) is 24.5 Å². The van der Waals surface area contributed by atoms with Crippen molar-refractivity contribution in [1.29, 1.82) is 0 Å². The zero-order chi connectivity index (χ0) is 22.3. The summed E-state index contributed by atoms with van der Waals surface area (Å²) in [5, 5.41) is 3.04. The lowest BCUT2D eigenvalue weighted by molar-refractivity contribution is -0.132. The molecule has 0 spiro atoms. The van der Waals surface area contributed by atoms with Crippen LogP contribution in [0.25, 0.3) is 0 Å². The molecule has 1 aromatic heterocycles. The smallest absolute Gasteiger partial charge is 0.253 e. The van der Waals surface area contributed by atoms with Gasteiger partial charge in [-0.2, -0.15) is 0 Å².